The maximum Gasteiger partial charge on any atom is 0.143 e. The summed E-state index contributed by atoms with van der Waals surface area (Å²) in [6.07, 6.45) is 1.64. The molecule has 1 aromatic carbocycles. The van der Waals surface area contributed by atoms with Crippen molar-refractivity contribution in [3.63, 3.8) is 0 Å². The minimum absolute atomic E-state index is 0.230. The van der Waals surface area contributed by atoms with E-state index in [1.807, 2.05) is 24.9 Å². The van der Waals surface area contributed by atoms with E-state index in [1.165, 1.54) is 12.1 Å². The van der Waals surface area contributed by atoms with Crippen molar-refractivity contribution in [3.05, 3.63) is 51.9 Å². The van der Waals surface area contributed by atoms with Crippen LogP contribution in [0.5, 0.6) is 0 Å². The van der Waals surface area contributed by atoms with Crippen LogP contribution in [0.25, 0.3) is 0 Å². The lowest BCUT2D eigenvalue weighted by molar-refractivity contribution is 0.625. The first-order valence-corrected chi connectivity index (χ1v) is 6.64. The summed E-state index contributed by atoms with van der Waals surface area (Å²) in [4.78, 5) is 6.27. The van der Waals surface area contributed by atoms with Gasteiger partial charge in [-0.1, -0.05) is 12.1 Å². The van der Waals surface area contributed by atoms with Crippen LogP contribution in [-0.2, 0) is 6.54 Å². The van der Waals surface area contributed by atoms with Crippen LogP contribution in [0.15, 0.2) is 34.9 Å². The van der Waals surface area contributed by atoms with Gasteiger partial charge in [0.25, 0.3) is 0 Å². The fourth-order valence-corrected chi connectivity index (χ4v) is 2.46. The molecule has 2 rings (SSSR count). The largest absolute Gasteiger partial charge is 0.397 e. The molecule has 100 valence electrons. The van der Waals surface area contributed by atoms with Crippen LogP contribution < -0.4 is 10.6 Å². The number of nitrogens with two attached hydrogens (primary N) is 1. The van der Waals surface area contributed by atoms with Gasteiger partial charge in [-0.25, -0.2) is 9.37 Å². The van der Waals surface area contributed by atoms with Crippen molar-refractivity contribution in [2.75, 3.05) is 17.7 Å². The van der Waals surface area contributed by atoms with E-state index < -0.39 is 0 Å². The lowest BCUT2D eigenvalue weighted by Gasteiger charge is -2.21. The van der Waals surface area contributed by atoms with E-state index >= 15 is 0 Å². The molecule has 3 nitrogen and oxygen atoms in total. The van der Waals surface area contributed by atoms with Gasteiger partial charge in [-0.15, -0.1) is 0 Å². The molecule has 0 bridgehead atoms. The molecular formula is C14H15BrFN3. The van der Waals surface area contributed by atoms with Crippen molar-refractivity contribution in [2.45, 2.75) is 13.5 Å². The quantitative estimate of drug-likeness (QED) is 0.939. The van der Waals surface area contributed by atoms with Crippen LogP contribution in [-0.4, -0.2) is 12.0 Å². The van der Waals surface area contributed by atoms with Crippen molar-refractivity contribution < 1.29 is 4.39 Å². The molecule has 0 aliphatic carbocycles. The summed E-state index contributed by atoms with van der Waals surface area (Å²) < 4.78 is 14.0. The van der Waals surface area contributed by atoms with Crippen molar-refractivity contribution in [1.29, 1.82) is 0 Å². The van der Waals surface area contributed by atoms with Crippen LogP contribution in [0.1, 0.15) is 11.1 Å². The molecule has 0 aliphatic rings. The molecule has 0 saturated carbocycles. The molecule has 19 heavy (non-hydrogen) atoms. The molecular weight excluding hydrogens is 309 g/mol. The van der Waals surface area contributed by atoms with Gasteiger partial charge in [-0.2, -0.15) is 0 Å². The van der Waals surface area contributed by atoms with E-state index in [9.17, 15) is 4.39 Å². The van der Waals surface area contributed by atoms with Gasteiger partial charge < -0.3 is 10.6 Å². The second-order valence-corrected chi connectivity index (χ2v) is 5.26. The molecule has 0 aliphatic heterocycles. The molecule has 1 heterocycles. The van der Waals surface area contributed by atoms with E-state index in [0.29, 0.717) is 12.2 Å². The normalized spacial score (nSPS) is 10.5. The van der Waals surface area contributed by atoms with Gasteiger partial charge in [0.05, 0.1) is 16.4 Å². The molecule has 0 spiro atoms. The lowest BCUT2D eigenvalue weighted by Crippen LogP contribution is -2.19. The second-order valence-electron chi connectivity index (χ2n) is 4.46. The van der Waals surface area contributed by atoms with Gasteiger partial charge in [0.1, 0.15) is 11.6 Å². The van der Waals surface area contributed by atoms with Gasteiger partial charge in [-0.05, 0) is 46.1 Å². The topological polar surface area (TPSA) is 42.1 Å². The summed E-state index contributed by atoms with van der Waals surface area (Å²) in [6.45, 7) is 2.51. The smallest absolute Gasteiger partial charge is 0.143 e. The first-order chi connectivity index (χ1) is 8.99. The Bertz CT molecular complexity index is 601. The Kier molecular flexibility index (Phi) is 4.04. The number of nitrogens with zero attached hydrogens (tertiary/aromatic N) is 2. The van der Waals surface area contributed by atoms with E-state index in [0.717, 1.165) is 21.4 Å². The number of benzene rings is 1. The molecule has 0 amide bonds. The van der Waals surface area contributed by atoms with E-state index in [2.05, 4.69) is 20.9 Å². The Morgan fingerprint density at radius 3 is 2.84 bits per heavy atom. The van der Waals surface area contributed by atoms with Crippen LogP contribution in [0, 0.1) is 12.7 Å². The third kappa shape index (κ3) is 3.04. The Balaban J connectivity index is 2.25. The van der Waals surface area contributed by atoms with Gasteiger partial charge in [-0.3, -0.25) is 0 Å². The highest BCUT2D eigenvalue weighted by Gasteiger charge is 2.12. The molecule has 0 atom stereocenters. The summed E-state index contributed by atoms with van der Waals surface area (Å²) in [7, 11) is 1.91. The second kappa shape index (κ2) is 5.57. The number of halogens is 2. The van der Waals surface area contributed by atoms with E-state index in [1.54, 1.807) is 12.3 Å². The van der Waals surface area contributed by atoms with Crippen molar-refractivity contribution in [3.8, 4) is 0 Å². The first kappa shape index (κ1) is 13.8. The van der Waals surface area contributed by atoms with Crippen LogP contribution in [0.2, 0.25) is 0 Å². The maximum atomic E-state index is 13.2. The zero-order valence-corrected chi connectivity index (χ0v) is 12.4. The van der Waals surface area contributed by atoms with Crippen molar-refractivity contribution in [1.82, 2.24) is 4.98 Å². The highest BCUT2D eigenvalue weighted by molar-refractivity contribution is 9.10. The number of nitrogen functional groups attached to an aromatic ring is 1. The minimum atomic E-state index is -0.230. The average Bonchev–Trinajstić information content (AvgIpc) is 2.36. The molecule has 1 aromatic heterocycles. The van der Waals surface area contributed by atoms with E-state index in [-0.39, 0.29) is 5.82 Å². The Morgan fingerprint density at radius 1 is 1.42 bits per heavy atom. The zero-order valence-electron chi connectivity index (χ0n) is 10.8. The minimum Gasteiger partial charge on any atom is -0.397 e. The molecule has 0 unspecified atom stereocenters. The van der Waals surface area contributed by atoms with Crippen LogP contribution >= 0.6 is 15.9 Å². The Hall–Kier alpha value is -1.62. The average molecular weight is 324 g/mol. The third-order valence-electron chi connectivity index (χ3n) is 2.95. The van der Waals surface area contributed by atoms with Crippen molar-refractivity contribution >= 4 is 27.4 Å². The number of aromatic nitrogens is 1. The first-order valence-electron chi connectivity index (χ1n) is 5.85. The van der Waals surface area contributed by atoms with Crippen molar-refractivity contribution in [2.24, 2.45) is 0 Å². The highest BCUT2D eigenvalue weighted by Crippen LogP contribution is 2.30. The van der Waals surface area contributed by atoms with Crippen LogP contribution in [0.4, 0.5) is 15.9 Å². The Labute approximate surface area is 120 Å². The molecule has 0 saturated heterocycles. The standard InChI is InChI=1S/C14H15BrFN3/c1-9-12(17)7-18-14(13(9)15)19(2)8-10-4-3-5-11(16)6-10/h3-7H,8,17H2,1-2H3. The summed E-state index contributed by atoms with van der Waals surface area (Å²) in [5, 5.41) is 0. The predicted octanol–water partition coefficient (Wildman–Crippen LogP) is 3.51. The number of pyridine rings is 1. The fourth-order valence-electron chi connectivity index (χ4n) is 1.83. The number of hydrogen-bond acceptors (Lipinski definition) is 3. The molecule has 2 N–H and O–H groups in total. The lowest BCUT2D eigenvalue weighted by atomic mass is 10.2. The van der Waals surface area contributed by atoms with Gasteiger partial charge in [0, 0.05) is 13.6 Å². The van der Waals surface area contributed by atoms with Gasteiger partial charge >= 0.3 is 0 Å². The monoisotopic (exact) mass is 323 g/mol. The number of rotatable bonds is 3. The Morgan fingerprint density at radius 2 is 2.16 bits per heavy atom. The fraction of sp³-hybridized carbons (Fsp3) is 0.214. The van der Waals surface area contributed by atoms with Crippen LogP contribution in [0.3, 0.4) is 0 Å². The summed E-state index contributed by atoms with van der Waals surface area (Å²) >= 11 is 3.50. The SMILES string of the molecule is Cc1c(N)cnc(N(C)Cc2cccc(F)c2)c1Br. The summed E-state index contributed by atoms with van der Waals surface area (Å²) in [5.41, 5.74) is 8.30. The summed E-state index contributed by atoms with van der Waals surface area (Å²) in [6, 6.07) is 6.55. The molecule has 0 fully saturated rings. The van der Waals surface area contributed by atoms with Gasteiger partial charge in [0.2, 0.25) is 0 Å². The predicted molar refractivity (Wildman–Crippen MR) is 79.6 cm³/mol. The maximum absolute atomic E-state index is 13.2. The number of anilines is 2. The molecule has 2 aromatic rings. The third-order valence-corrected chi connectivity index (χ3v) is 3.90. The van der Waals surface area contributed by atoms with Gasteiger partial charge in [0.15, 0.2) is 0 Å². The zero-order chi connectivity index (χ0) is 14.0. The summed E-state index contributed by atoms with van der Waals surface area (Å²) in [5.74, 6) is 0.558. The van der Waals surface area contributed by atoms with E-state index in [4.69, 9.17) is 5.73 Å². The molecule has 5 heteroatoms. The highest BCUT2D eigenvalue weighted by atomic mass is 79.9. The molecule has 0 radical (unpaired) electrons. The number of hydrogen-bond donors (Lipinski definition) is 1.